The van der Waals surface area contributed by atoms with Crippen molar-refractivity contribution in [3.63, 3.8) is 0 Å². The van der Waals surface area contributed by atoms with E-state index in [-0.39, 0.29) is 5.91 Å². The van der Waals surface area contributed by atoms with Gasteiger partial charge in [-0.05, 0) is 29.8 Å². The minimum absolute atomic E-state index is 0.0286. The van der Waals surface area contributed by atoms with Crippen LogP contribution in [0, 0.1) is 0 Å². The van der Waals surface area contributed by atoms with E-state index in [0.29, 0.717) is 12.1 Å². The number of morpholine rings is 1. The van der Waals surface area contributed by atoms with Crippen LogP contribution in [0.2, 0.25) is 0 Å². The molecule has 30 heavy (non-hydrogen) atoms. The molecule has 0 spiro atoms. The summed E-state index contributed by atoms with van der Waals surface area (Å²) in [4.78, 5) is 20.1. The summed E-state index contributed by atoms with van der Waals surface area (Å²) in [6, 6.07) is 17.9. The molecule has 0 unspecified atom stereocenters. The van der Waals surface area contributed by atoms with Crippen LogP contribution < -0.4 is 10.4 Å². The molecule has 0 atom stereocenters. The molecule has 6 heteroatoms. The molecule has 0 bridgehead atoms. The first-order valence-electron chi connectivity index (χ1n) is 10.3. The molecule has 1 N–H and O–H groups in total. The number of nitrogens with one attached hydrogen (secondary N) is 1. The first kappa shape index (κ1) is 18.9. The van der Waals surface area contributed by atoms with Crippen molar-refractivity contribution in [1.82, 2.24) is 15.3 Å². The Labute approximate surface area is 175 Å². The zero-order valence-corrected chi connectivity index (χ0v) is 16.8. The fourth-order valence-corrected chi connectivity index (χ4v) is 4.08. The number of hydrogen-bond donors (Lipinski definition) is 1. The Hall–Kier alpha value is -3.06. The fraction of sp³-hybridized carbons (Fsp3) is 0.250. The van der Waals surface area contributed by atoms with Crippen LogP contribution in [0.4, 0.5) is 5.69 Å². The Bertz CT molecular complexity index is 1100. The minimum atomic E-state index is -0.0286. The lowest BCUT2D eigenvalue weighted by molar-refractivity contribution is -0.113. The number of carbonyl (C=O) groups excluding carboxylic acids is 1. The monoisotopic (exact) mass is 400 g/mol. The molecule has 1 aromatic heterocycles. The molecule has 3 heterocycles. The van der Waals surface area contributed by atoms with Gasteiger partial charge in [0.25, 0.3) is 5.91 Å². The number of anilines is 1. The predicted molar refractivity (Wildman–Crippen MR) is 119 cm³/mol. The number of carbonyl (C=O) groups is 1. The highest BCUT2D eigenvalue weighted by Gasteiger charge is 2.32. The van der Waals surface area contributed by atoms with Crippen molar-refractivity contribution < 1.29 is 9.53 Å². The largest absolute Gasteiger partial charge is 0.379 e. The fourth-order valence-electron chi connectivity index (χ4n) is 4.08. The summed E-state index contributed by atoms with van der Waals surface area (Å²) in [6.07, 6.45) is 3.77. The second kappa shape index (κ2) is 8.36. The van der Waals surface area contributed by atoms with Crippen LogP contribution in [0.15, 0.2) is 60.8 Å². The van der Waals surface area contributed by atoms with Gasteiger partial charge in [0.05, 0.1) is 30.0 Å². The lowest BCUT2D eigenvalue weighted by Gasteiger charge is -2.27. The molecule has 0 aliphatic carbocycles. The summed E-state index contributed by atoms with van der Waals surface area (Å²) in [5.74, 6) is -0.0286. The molecule has 0 radical (unpaired) electrons. The predicted octanol–water partition coefficient (Wildman–Crippen LogP) is 2.96. The maximum absolute atomic E-state index is 13.3. The second-order valence-corrected chi connectivity index (χ2v) is 7.50. The molecule has 3 aromatic rings. The Morgan fingerprint density at radius 2 is 1.83 bits per heavy atom. The number of benzene rings is 2. The van der Waals surface area contributed by atoms with Gasteiger partial charge in [0, 0.05) is 43.3 Å². The van der Waals surface area contributed by atoms with E-state index >= 15 is 0 Å². The third-order valence-electron chi connectivity index (χ3n) is 5.65. The first-order chi connectivity index (χ1) is 14.8. The second-order valence-electron chi connectivity index (χ2n) is 7.50. The quantitative estimate of drug-likeness (QED) is 0.668. The smallest absolute Gasteiger partial charge is 0.273 e. The van der Waals surface area contributed by atoms with E-state index in [4.69, 9.17) is 4.74 Å². The summed E-state index contributed by atoms with van der Waals surface area (Å²) in [7, 11) is 0. The average molecular weight is 400 g/mol. The zero-order chi connectivity index (χ0) is 20.3. The third-order valence-corrected chi connectivity index (χ3v) is 5.65. The molecule has 6 nitrogen and oxygen atoms in total. The topological polar surface area (TPSA) is 57.7 Å². The summed E-state index contributed by atoms with van der Waals surface area (Å²) >= 11 is 0. The summed E-state index contributed by atoms with van der Waals surface area (Å²) < 4.78 is 5.41. The number of hydrazine groups is 1. The van der Waals surface area contributed by atoms with Crippen molar-refractivity contribution in [1.29, 1.82) is 0 Å². The number of amides is 1. The Morgan fingerprint density at radius 3 is 2.73 bits per heavy atom. The van der Waals surface area contributed by atoms with Gasteiger partial charge in [-0.3, -0.25) is 14.7 Å². The molecule has 0 saturated carbocycles. The van der Waals surface area contributed by atoms with E-state index in [1.54, 1.807) is 11.2 Å². The van der Waals surface area contributed by atoms with Gasteiger partial charge in [-0.1, -0.05) is 36.4 Å². The number of ether oxygens (including phenoxy) is 1. The van der Waals surface area contributed by atoms with Crippen molar-refractivity contribution in [3.8, 4) is 0 Å². The number of aromatic nitrogens is 1. The van der Waals surface area contributed by atoms with Gasteiger partial charge in [-0.2, -0.15) is 0 Å². The van der Waals surface area contributed by atoms with Crippen molar-refractivity contribution in [2.45, 2.75) is 0 Å². The highest BCUT2D eigenvalue weighted by molar-refractivity contribution is 6.35. The van der Waals surface area contributed by atoms with Crippen LogP contribution >= 0.6 is 0 Å². The summed E-state index contributed by atoms with van der Waals surface area (Å²) in [5.41, 5.74) is 7.79. The Balaban J connectivity index is 1.42. The zero-order valence-electron chi connectivity index (χ0n) is 16.8. The van der Waals surface area contributed by atoms with Crippen molar-refractivity contribution in [3.05, 3.63) is 71.9 Å². The SMILES string of the molecule is O=C1C(=Cc2ccnc3ccccc23)c2ccccc2N1NCCN1CCOCC1. The highest BCUT2D eigenvalue weighted by Crippen LogP contribution is 2.37. The van der Waals surface area contributed by atoms with E-state index in [0.717, 1.165) is 60.6 Å². The molecule has 152 valence electrons. The van der Waals surface area contributed by atoms with Crippen LogP contribution in [0.1, 0.15) is 11.1 Å². The Morgan fingerprint density at radius 1 is 1.03 bits per heavy atom. The number of para-hydroxylation sites is 2. The molecule has 1 fully saturated rings. The van der Waals surface area contributed by atoms with Crippen LogP contribution in [0.5, 0.6) is 0 Å². The molecule has 1 amide bonds. The molecular weight excluding hydrogens is 376 g/mol. The Kier molecular flexibility index (Phi) is 5.27. The normalized spacial score (nSPS) is 18.3. The third kappa shape index (κ3) is 3.61. The van der Waals surface area contributed by atoms with Gasteiger partial charge in [0.2, 0.25) is 0 Å². The number of fused-ring (bicyclic) bond motifs is 2. The summed E-state index contributed by atoms with van der Waals surface area (Å²) in [6.45, 7) is 5.00. The number of rotatable bonds is 5. The van der Waals surface area contributed by atoms with Crippen molar-refractivity contribution in [2.24, 2.45) is 0 Å². The van der Waals surface area contributed by atoms with E-state index in [2.05, 4.69) is 15.3 Å². The molecular formula is C24H24N4O2. The van der Waals surface area contributed by atoms with Crippen LogP contribution in [-0.2, 0) is 9.53 Å². The molecule has 1 saturated heterocycles. The number of nitrogens with zero attached hydrogens (tertiary/aromatic N) is 3. The molecule has 5 rings (SSSR count). The van der Waals surface area contributed by atoms with E-state index < -0.39 is 0 Å². The van der Waals surface area contributed by atoms with E-state index in [1.165, 1.54) is 0 Å². The van der Waals surface area contributed by atoms with Crippen molar-refractivity contribution >= 4 is 34.1 Å². The standard InChI is InChI=1S/C24H24N4O2/c29-24-21(17-18-9-10-25-22-7-3-1-5-19(18)22)20-6-2-4-8-23(20)28(24)26-11-12-27-13-15-30-16-14-27/h1-10,17,26H,11-16H2. The van der Waals surface area contributed by atoms with Crippen LogP contribution in [-0.4, -0.2) is 55.2 Å². The maximum Gasteiger partial charge on any atom is 0.273 e. The minimum Gasteiger partial charge on any atom is -0.379 e. The maximum atomic E-state index is 13.3. The molecule has 2 aromatic carbocycles. The number of hydrogen-bond acceptors (Lipinski definition) is 5. The van der Waals surface area contributed by atoms with E-state index in [1.807, 2.05) is 60.7 Å². The van der Waals surface area contributed by atoms with Crippen LogP contribution in [0.25, 0.3) is 22.6 Å². The van der Waals surface area contributed by atoms with Gasteiger partial charge < -0.3 is 4.74 Å². The highest BCUT2D eigenvalue weighted by atomic mass is 16.5. The van der Waals surface area contributed by atoms with Crippen molar-refractivity contribution in [2.75, 3.05) is 44.4 Å². The average Bonchev–Trinajstić information content (AvgIpc) is 3.06. The van der Waals surface area contributed by atoms with Gasteiger partial charge in [0.15, 0.2) is 0 Å². The number of pyridine rings is 1. The molecule has 2 aliphatic heterocycles. The van der Waals surface area contributed by atoms with E-state index in [9.17, 15) is 4.79 Å². The summed E-state index contributed by atoms with van der Waals surface area (Å²) in [5, 5.41) is 2.72. The van der Waals surface area contributed by atoms with Crippen LogP contribution in [0.3, 0.4) is 0 Å². The first-order valence-corrected chi connectivity index (χ1v) is 10.3. The lowest BCUT2D eigenvalue weighted by atomic mass is 10.0. The lowest BCUT2D eigenvalue weighted by Crippen LogP contribution is -2.46. The van der Waals surface area contributed by atoms with Gasteiger partial charge in [-0.25, -0.2) is 10.4 Å². The van der Waals surface area contributed by atoms with Gasteiger partial charge >= 0.3 is 0 Å². The molecule has 2 aliphatic rings. The van der Waals surface area contributed by atoms with Gasteiger partial charge in [-0.15, -0.1) is 0 Å². The van der Waals surface area contributed by atoms with Gasteiger partial charge in [0.1, 0.15) is 0 Å².